The normalized spacial score (nSPS) is 32.2. The average molecular weight is 443 g/mol. The van der Waals surface area contributed by atoms with Gasteiger partial charge in [-0.2, -0.15) is 0 Å². The molecule has 1 aliphatic carbocycles. The highest BCUT2D eigenvalue weighted by molar-refractivity contribution is 6.36. The van der Waals surface area contributed by atoms with Crippen molar-refractivity contribution in [3.63, 3.8) is 0 Å². The number of Topliss-reactive ketones (excluding diaryl/α,β-unsaturated/α-hetero) is 1. The fraction of sp³-hybridized carbons (Fsp3) is 0.400. The van der Waals surface area contributed by atoms with Crippen molar-refractivity contribution >= 4 is 34.6 Å². The number of aliphatic hydroxyl groups excluding tert-OH is 1. The van der Waals surface area contributed by atoms with Gasteiger partial charge >= 0.3 is 0 Å². The van der Waals surface area contributed by atoms with Crippen molar-refractivity contribution in [1.82, 2.24) is 0 Å². The Kier molecular flexibility index (Phi) is 4.42. The molecular formula is C25H24Cl2O3. The third-order valence-electron chi connectivity index (χ3n) is 7.32. The zero-order valence-electron chi connectivity index (χ0n) is 17.3. The lowest BCUT2D eigenvalue weighted by molar-refractivity contribution is -0.121. The number of carbonyl (C=O) groups is 1. The SMILES string of the molecule is CCc1ccc(-c2ccc(Cl)cc2Cl)cc1C1=C(O)[C@H]2[C@@H](C1=O)C1(C)CCC2(C)O1. The summed E-state index contributed by atoms with van der Waals surface area (Å²) in [6.45, 7) is 6.10. The predicted molar refractivity (Wildman–Crippen MR) is 120 cm³/mol. The van der Waals surface area contributed by atoms with Crippen LogP contribution in [0.3, 0.4) is 0 Å². The summed E-state index contributed by atoms with van der Waals surface area (Å²) in [6, 6.07) is 11.4. The number of fused-ring (bicyclic) bond motifs is 5. The Labute approximate surface area is 186 Å². The molecule has 0 saturated carbocycles. The van der Waals surface area contributed by atoms with Crippen LogP contribution >= 0.6 is 23.2 Å². The summed E-state index contributed by atoms with van der Waals surface area (Å²) in [5.41, 5.74) is 3.03. The molecule has 2 bridgehead atoms. The first kappa shape index (κ1) is 20.1. The number of ketones is 1. The number of carbonyl (C=O) groups excluding carboxylic acids is 1. The lowest BCUT2D eigenvalue weighted by Crippen LogP contribution is -2.39. The fourth-order valence-electron chi connectivity index (χ4n) is 5.87. The number of allylic oxidation sites excluding steroid dienone is 1. The van der Waals surface area contributed by atoms with Crippen LogP contribution in [0.4, 0.5) is 0 Å². The van der Waals surface area contributed by atoms with Gasteiger partial charge in [-0.05, 0) is 68.0 Å². The minimum absolute atomic E-state index is 0.00234. The van der Waals surface area contributed by atoms with E-state index < -0.39 is 11.2 Å². The van der Waals surface area contributed by atoms with Crippen LogP contribution in [0.1, 0.15) is 44.7 Å². The number of ether oxygens (including phenoxy) is 1. The highest BCUT2D eigenvalue weighted by Gasteiger charge is 2.69. The Balaban J connectivity index is 1.67. The van der Waals surface area contributed by atoms with Crippen molar-refractivity contribution in [3.05, 3.63) is 63.3 Å². The van der Waals surface area contributed by atoms with E-state index in [0.29, 0.717) is 15.6 Å². The third-order valence-corrected chi connectivity index (χ3v) is 7.86. The summed E-state index contributed by atoms with van der Waals surface area (Å²) >= 11 is 12.5. The van der Waals surface area contributed by atoms with E-state index in [4.69, 9.17) is 27.9 Å². The van der Waals surface area contributed by atoms with Crippen molar-refractivity contribution in [2.75, 3.05) is 0 Å². The Bertz CT molecular complexity index is 1120. The van der Waals surface area contributed by atoms with Crippen LogP contribution in [0.5, 0.6) is 0 Å². The molecule has 2 heterocycles. The number of aryl methyl sites for hydroxylation is 1. The van der Waals surface area contributed by atoms with Crippen molar-refractivity contribution in [1.29, 1.82) is 0 Å². The maximum atomic E-state index is 13.6. The van der Waals surface area contributed by atoms with E-state index in [2.05, 4.69) is 6.92 Å². The lowest BCUT2D eigenvalue weighted by atomic mass is 9.68. The van der Waals surface area contributed by atoms with Gasteiger partial charge in [0, 0.05) is 15.6 Å². The van der Waals surface area contributed by atoms with Gasteiger partial charge in [-0.15, -0.1) is 0 Å². The van der Waals surface area contributed by atoms with Crippen molar-refractivity contribution < 1.29 is 14.6 Å². The molecule has 2 unspecified atom stereocenters. The van der Waals surface area contributed by atoms with E-state index in [0.717, 1.165) is 41.5 Å². The Hall–Kier alpha value is -1.81. The molecule has 30 heavy (non-hydrogen) atoms. The van der Waals surface area contributed by atoms with Gasteiger partial charge < -0.3 is 9.84 Å². The predicted octanol–water partition coefficient (Wildman–Crippen LogP) is 6.65. The van der Waals surface area contributed by atoms with Gasteiger partial charge in [0.15, 0.2) is 5.78 Å². The van der Waals surface area contributed by atoms with E-state index in [1.165, 1.54) is 0 Å². The second-order valence-electron chi connectivity index (χ2n) is 9.16. The largest absolute Gasteiger partial charge is 0.511 e. The number of benzene rings is 2. The summed E-state index contributed by atoms with van der Waals surface area (Å²) < 4.78 is 6.27. The monoisotopic (exact) mass is 442 g/mol. The van der Waals surface area contributed by atoms with Crippen molar-refractivity contribution in [2.45, 2.75) is 51.2 Å². The van der Waals surface area contributed by atoms with Crippen LogP contribution in [0.25, 0.3) is 16.7 Å². The third kappa shape index (κ3) is 2.65. The zero-order chi connectivity index (χ0) is 21.4. The summed E-state index contributed by atoms with van der Waals surface area (Å²) in [5.74, 6) is -0.410. The molecule has 0 aromatic heterocycles. The fourth-order valence-corrected chi connectivity index (χ4v) is 6.38. The van der Waals surface area contributed by atoms with Crippen LogP contribution in [0.2, 0.25) is 10.0 Å². The van der Waals surface area contributed by atoms with Crippen LogP contribution < -0.4 is 0 Å². The van der Waals surface area contributed by atoms with Gasteiger partial charge in [0.2, 0.25) is 0 Å². The van der Waals surface area contributed by atoms with Crippen LogP contribution in [0, 0.1) is 11.8 Å². The Morgan fingerprint density at radius 1 is 1.03 bits per heavy atom. The first-order valence-electron chi connectivity index (χ1n) is 10.4. The number of rotatable bonds is 3. The first-order chi connectivity index (χ1) is 14.2. The average Bonchev–Trinajstić information content (AvgIpc) is 3.25. The molecule has 2 aromatic carbocycles. The molecule has 4 atom stereocenters. The highest BCUT2D eigenvalue weighted by atomic mass is 35.5. The highest BCUT2D eigenvalue weighted by Crippen LogP contribution is 2.63. The van der Waals surface area contributed by atoms with Gasteiger partial charge in [0.25, 0.3) is 0 Å². The van der Waals surface area contributed by atoms with Crippen molar-refractivity contribution in [3.8, 4) is 11.1 Å². The standard InChI is InChI=1S/C25H24Cl2O3/c1-4-13-5-6-14(16-8-7-15(26)12-18(16)27)11-17(13)19-22(28)20-21(23(19)29)25(3)10-9-24(20,2)30-25/h5-8,11-12,20-21,28H,4,9-10H2,1-3H3/t20-,21+,24?,25?/m1/s1. The molecule has 2 aromatic rings. The van der Waals surface area contributed by atoms with Gasteiger partial charge in [0.05, 0.1) is 28.6 Å². The molecule has 2 saturated heterocycles. The van der Waals surface area contributed by atoms with E-state index >= 15 is 0 Å². The van der Waals surface area contributed by atoms with E-state index in [-0.39, 0.29) is 23.4 Å². The molecule has 5 heteroatoms. The molecule has 3 nitrogen and oxygen atoms in total. The minimum Gasteiger partial charge on any atom is -0.511 e. The summed E-state index contributed by atoms with van der Waals surface area (Å²) in [4.78, 5) is 13.6. The Morgan fingerprint density at radius 2 is 1.73 bits per heavy atom. The molecule has 3 aliphatic rings. The number of halogens is 2. The molecule has 2 fully saturated rings. The molecule has 0 amide bonds. The molecule has 2 aliphatic heterocycles. The molecule has 0 spiro atoms. The molecule has 5 rings (SSSR count). The summed E-state index contributed by atoms with van der Waals surface area (Å²) in [5, 5.41) is 12.4. The molecule has 156 valence electrons. The first-order valence-corrected chi connectivity index (χ1v) is 11.2. The van der Waals surface area contributed by atoms with Gasteiger partial charge in [-0.1, -0.05) is 48.3 Å². The number of hydrogen-bond acceptors (Lipinski definition) is 3. The van der Waals surface area contributed by atoms with Gasteiger partial charge in [0.1, 0.15) is 5.76 Å². The topological polar surface area (TPSA) is 46.5 Å². The molecule has 1 N–H and O–H groups in total. The summed E-state index contributed by atoms with van der Waals surface area (Å²) in [7, 11) is 0. The second-order valence-corrected chi connectivity index (χ2v) is 10.0. The number of hydrogen-bond donors (Lipinski definition) is 1. The van der Waals surface area contributed by atoms with E-state index in [9.17, 15) is 9.90 Å². The summed E-state index contributed by atoms with van der Waals surface area (Å²) in [6.07, 6.45) is 2.46. The maximum absolute atomic E-state index is 13.6. The van der Waals surface area contributed by atoms with E-state index in [1.54, 1.807) is 12.1 Å². The van der Waals surface area contributed by atoms with Crippen LogP contribution in [0.15, 0.2) is 42.2 Å². The quantitative estimate of drug-likeness (QED) is 0.578. The minimum atomic E-state index is -0.504. The zero-order valence-corrected chi connectivity index (χ0v) is 18.8. The number of aliphatic hydroxyl groups is 1. The second kappa shape index (κ2) is 6.59. The molecule has 0 radical (unpaired) electrons. The Morgan fingerprint density at radius 3 is 2.37 bits per heavy atom. The maximum Gasteiger partial charge on any atom is 0.173 e. The van der Waals surface area contributed by atoms with Crippen LogP contribution in [-0.4, -0.2) is 22.1 Å². The van der Waals surface area contributed by atoms with Gasteiger partial charge in [-0.3, -0.25) is 4.79 Å². The molecular weight excluding hydrogens is 419 g/mol. The van der Waals surface area contributed by atoms with Gasteiger partial charge in [-0.25, -0.2) is 0 Å². The van der Waals surface area contributed by atoms with Crippen molar-refractivity contribution in [2.24, 2.45) is 11.8 Å². The van der Waals surface area contributed by atoms with Crippen LogP contribution in [-0.2, 0) is 16.0 Å². The smallest absolute Gasteiger partial charge is 0.173 e. The van der Waals surface area contributed by atoms with E-state index in [1.807, 2.05) is 38.1 Å². The lowest BCUT2D eigenvalue weighted by Gasteiger charge is -2.30.